The highest BCUT2D eigenvalue weighted by Crippen LogP contribution is 2.21. The first-order chi connectivity index (χ1) is 7.81. The number of morpholine rings is 1. The Morgan fingerprint density at radius 2 is 2.19 bits per heavy atom. The Bertz CT molecular complexity index is 353. The van der Waals surface area contributed by atoms with Gasteiger partial charge in [-0.05, 0) is 5.56 Å². The van der Waals surface area contributed by atoms with E-state index in [2.05, 4.69) is 0 Å². The molecule has 2 N–H and O–H groups in total. The lowest BCUT2D eigenvalue weighted by Crippen LogP contribution is -2.44. The van der Waals surface area contributed by atoms with E-state index in [0.29, 0.717) is 19.7 Å². The molecule has 1 aliphatic heterocycles. The third-order valence-electron chi connectivity index (χ3n) is 2.77. The molecule has 0 radical (unpaired) electrons. The number of benzene rings is 1. The minimum Gasteiger partial charge on any atom is -0.370 e. The number of nitrogens with two attached hydrogens (primary N) is 1. The fourth-order valence-electron chi connectivity index (χ4n) is 1.87. The molecule has 0 saturated carbocycles. The summed E-state index contributed by atoms with van der Waals surface area (Å²) in [6.45, 7) is 1.88. The molecule has 1 aromatic rings. The van der Waals surface area contributed by atoms with E-state index in [-0.39, 0.29) is 18.6 Å². The van der Waals surface area contributed by atoms with Crippen molar-refractivity contribution in [3.63, 3.8) is 0 Å². The monoisotopic (exact) mass is 220 g/mol. The van der Waals surface area contributed by atoms with Crippen LogP contribution in [0.25, 0.3) is 0 Å². The van der Waals surface area contributed by atoms with Crippen molar-refractivity contribution in [1.29, 1.82) is 0 Å². The van der Waals surface area contributed by atoms with Crippen LogP contribution in [0.15, 0.2) is 30.3 Å². The molecule has 1 saturated heterocycles. The van der Waals surface area contributed by atoms with E-state index < -0.39 is 0 Å². The smallest absolute Gasteiger partial charge is 0.236 e. The van der Waals surface area contributed by atoms with Gasteiger partial charge in [-0.25, -0.2) is 0 Å². The number of ether oxygens (including phenoxy) is 1. The van der Waals surface area contributed by atoms with Crippen LogP contribution >= 0.6 is 0 Å². The zero-order valence-electron chi connectivity index (χ0n) is 9.13. The Morgan fingerprint density at radius 3 is 2.88 bits per heavy atom. The predicted molar refractivity (Wildman–Crippen MR) is 60.8 cm³/mol. The van der Waals surface area contributed by atoms with E-state index in [9.17, 15) is 4.79 Å². The van der Waals surface area contributed by atoms with E-state index >= 15 is 0 Å². The van der Waals surface area contributed by atoms with Crippen LogP contribution in [0.3, 0.4) is 0 Å². The van der Waals surface area contributed by atoms with Gasteiger partial charge in [0.25, 0.3) is 0 Å². The maximum Gasteiger partial charge on any atom is 0.236 e. The topological polar surface area (TPSA) is 55.6 Å². The van der Waals surface area contributed by atoms with Crippen LogP contribution in [-0.2, 0) is 9.53 Å². The summed E-state index contributed by atoms with van der Waals surface area (Å²) in [6.07, 6.45) is -0.0227. The SMILES string of the molecule is NCC(=O)N1CCO[C@@H](c2ccccc2)C1. The summed E-state index contributed by atoms with van der Waals surface area (Å²) in [6, 6.07) is 9.95. The lowest BCUT2D eigenvalue weighted by molar-refractivity contribution is -0.137. The summed E-state index contributed by atoms with van der Waals surface area (Å²) >= 11 is 0. The van der Waals surface area contributed by atoms with Gasteiger partial charge in [0.15, 0.2) is 0 Å². The van der Waals surface area contributed by atoms with Crippen molar-refractivity contribution in [1.82, 2.24) is 4.90 Å². The summed E-state index contributed by atoms with van der Waals surface area (Å²) < 4.78 is 5.65. The molecule has 1 fully saturated rings. The van der Waals surface area contributed by atoms with E-state index in [0.717, 1.165) is 5.56 Å². The molecule has 0 bridgehead atoms. The molecule has 16 heavy (non-hydrogen) atoms. The maximum absolute atomic E-state index is 11.5. The van der Waals surface area contributed by atoms with Crippen molar-refractivity contribution >= 4 is 5.91 Å². The highest BCUT2D eigenvalue weighted by Gasteiger charge is 2.24. The molecule has 1 atom stereocenters. The van der Waals surface area contributed by atoms with Gasteiger partial charge < -0.3 is 15.4 Å². The van der Waals surface area contributed by atoms with Gasteiger partial charge in [0.1, 0.15) is 6.10 Å². The van der Waals surface area contributed by atoms with Gasteiger partial charge in [-0.2, -0.15) is 0 Å². The molecule has 1 aliphatic rings. The zero-order chi connectivity index (χ0) is 11.4. The van der Waals surface area contributed by atoms with Crippen LogP contribution in [0.2, 0.25) is 0 Å². The van der Waals surface area contributed by atoms with Gasteiger partial charge in [0.2, 0.25) is 5.91 Å². The van der Waals surface area contributed by atoms with Crippen LogP contribution in [0.1, 0.15) is 11.7 Å². The number of nitrogens with zero attached hydrogens (tertiary/aromatic N) is 1. The molecule has 0 spiro atoms. The fraction of sp³-hybridized carbons (Fsp3) is 0.417. The number of hydrogen-bond donors (Lipinski definition) is 1. The molecule has 1 aromatic carbocycles. The molecular weight excluding hydrogens is 204 g/mol. The number of amides is 1. The van der Waals surface area contributed by atoms with Gasteiger partial charge in [0, 0.05) is 6.54 Å². The minimum atomic E-state index is -0.0227. The lowest BCUT2D eigenvalue weighted by Gasteiger charge is -2.33. The van der Waals surface area contributed by atoms with E-state index in [1.54, 1.807) is 4.90 Å². The normalized spacial score (nSPS) is 20.8. The first-order valence-electron chi connectivity index (χ1n) is 5.45. The highest BCUT2D eigenvalue weighted by molar-refractivity contribution is 5.78. The molecule has 0 aromatic heterocycles. The quantitative estimate of drug-likeness (QED) is 0.791. The van der Waals surface area contributed by atoms with Crippen molar-refractivity contribution in [2.75, 3.05) is 26.2 Å². The summed E-state index contributed by atoms with van der Waals surface area (Å²) in [5.74, 6) is -0.00997. The predicted octanol–water partition coefficient (Wildman–Crippen LogP) is 0.545. The standard InChI is InChI=1S/C12H16N2O2/c13-8-12(15)14-6-7-16-11(9-14)10-4-2-1-3-5-10/h1-5,11H,6-9,13H2/t11-/m1/s1. The van der Waals surface area contributed by atoms with Gasteiger partial charge in [-0.15, -0.1) is 0 Å². The number of carbonyl (C=O) groups is 1. The van der Waals surface area contributed by atoms with Crippen LogP contribution in [0, 0.1) is 0 Å². The second-order valence-corrected chi connectivity index (χ2v) is 3.81. The minimum absolute atomic E-state index is 0.00997. The van der Waals surface area contributed by atoms with Crippen molar-refractivity contribution in [2.24, 2.45) is 5.73 Å². The molecule has 1 amide bonds. The third kappa shape index (κ3) is 2.40. The molecule has 1 heterocycles. The van der Waals surface area contributed by atoms with Crippen LogP contribution in [0.5, 0.6) is 0 Å². The van der Waals surface area contributed by atoms with Crippen molar-refractivity contribution in [2.45, 2.75) is 6.10 Å². The first-order valence-corrected chi connectivity index (χ1v) is 5.45. The van der Waals surface area contributed by atoms with Gasteiger partial charge in [0.05, 0.1) is 19.7 Å². The molecule has 4 nitrogen and oxygen atoms in total. The summed E-state index contributed by atoms with van der Waals surface area (Å²) in [5.41, 5.74) is 6.46. The molecule has 4 heteroatoms. The molecule has 0 aliphatic carbocycles. The van der Waals surface area contributed by atoms with E-state index in [1.807, 2.05) is 30.3 Å². The fourth-order valence-corrected chi connectivity index (χ4v) is 1.87. The summed E-state index contributed by atoms with van der Waals surface area (Å²) in [7, 11) is 0. The highest BCUT2D eigenvalue weighted by atomic mass is 16.5. The van der Waals surface area contributed by atoms with Gasteiger partial charge in [-0.3, -0.25) is 4.79 Å². The van der Waals surface area contributed by atoms with Crippen molar-refractivity contribution in [3.05, 3.63) is 35.9 Å². The molecule has 2 rings (SSSR count). The van der Waals surface area contributed by atoms with Gasteiger partial charge >= 0.3 is 0 Å². The molecule has 86 valence electrons. The third-order valence-corrected chi connectivity index (χ3v) is 2.77. The second kappa shape index (κ2) is 5.09. The molecule has 0 unspecified atom stereocenters. The Kier molecular flexibility index (Phi) is 3.54. The largest absolute Gasteiger partial charge is 0.370 e. The van der Waals surface area contributed by atoms with Crippen LogP contribution in [-0.4, -0.2) is 37.0 Å². The average Bonchev–Trinajstić information content (AvgIpc) is 2.39. The maximum atomic E-state index is 11.5. The Hall–Kier alpha value is -1.39. The number of carbonyl (C=O) groups excluding carboxylic acids is 1. The Balaban J connectivity index is 2.05. The van der Waals surface area contributed by atoms with Crippen molar-refractivity contribution < 1.29 is 9.53 Å². The number of hydrogen-bond acceptors (Lipinski definition) is 3. The van der Waals surface area contributed by atoms with Crippen molar-refractivity contribution in [3.8, 4) is 0 Å². The van der Waals surface area contributed by atoms with E-state index in [4.69, 9.17) is 10.5 Å². The zero-order valence-corrected chi connectivity index (χ0v) is 9.13. The summed E-state index contributed by atoms with van der Waals surface area (Å²) in [5, 5.41) is 0. The Labute approximate surface area is 95.0 Å². The van der Waals surface area contributed by atoms with Crippen LogP contribution < -0.4 is 5.73 Å². The molecular formula is C12H16N2O2. The van der Waals surface area contributed by atoms with Gasteiger partial charge in [-0.1, -0.05) is 30.3 Å². The Morgan fingerprint density at radius 1 is 1.44 bits per heavy atom. The second-order valence-electron chi connectivity index (χ2n) is 3.81. The summed E-state index contributed by atoms with van der Waals surface area (Å²) in [4.78, 5) is 13.3. The first kappa shape index (κ1) is 11.1. The lowest BCUT2D eigenvalue weighted by atomic mass is 10.1. The number of rotatable bonds is 2. The average molecular weight is 220 g/mol. The van der Waals surface area contributed by atoms with E-state index in [1.165, 1.54) is 0 Å². The van der Waals surface area contributed by atoms with Crippen LogP contribution in [0.4, 0.5) is 0 Å².